The van der Waals surface area contributed by atoms with Crippen molar-refractivity contribution in [2.24, 2.45) is 9.50 Å². The van der Waals surface area contributed by atoms with Crippen molar-refractivity contribution in [3.05, 3.63) is 29.8 Å². The maximum Gasteiger partial charge on any atom is 0.356 e. The van der Waals surface area contributed by atoms with Crippen LogP contribution in [0.5, 0.6) is 5.75 Å². The number of nitrogens with zero attached hydrogens (tertiary/aromatic N) is 3. The standard InChI is InChI=1S/C18H24N4O5S/c1-5-22(6-2)17-18(12-8-10-13(26-4)11-9-12)15(28(24,25)20-17)14(19-21-18)16(23)27-7-3/h8-11,15,21H,5-7H2,1-4H3/t15-,18+/m0/s1. The molecule has 0 unspecified atom stereocenters. The van der Waals surface area contributed by atoms with Gasteiger partial charge in [-0.3, -0.25) is 5.43 Å². The average molecular weight is 408 g/mol. The molecule has 0 amide bonds. The number of methoxy groups -OCH3 is 1. The van der Waals surface area contributed by atoms with E-state index in [1.54, 1.807) is 38.3 Å². The van der Waals surface area contributed by atoms with Crippen LogP contribution < -0.4 is 10.2 Å². The number of hydrogen-bond acceptors (Lipinski definition) is 8. The zero-order valence-corrected chi connectivity index (χ0v) is 17.1. The van der Waals surface area contributed by atoms with Crippen molar-refractivity contribution in [2.75, 3.05) is 26.8 Å². The molecule has 2 aliphatic heterocycles. The molecule has 1 N–H and O–H groups in total. The summed E-state index contributed by atoms with van der Waals surface area (Å²) in [5.41, 5.74) is 2.05. The molecule has 152 valence electrons. The third kappa shape index (κ3) is 2.92. The monoisotopic (exact) mass is 408 g/mol. The number of nitrogens with one attached hydrogen (secondary N) is 1. The van der Waals surface area contributed by atoms with Crippen LogP contribution in [-0.4, -0.2) is 62.9 Å². The van der Waals surface area contributed by atoms with Crippen LogP contribution in [0.3, 0.4) is 0 Å². The maximum absolute atomic E-state index is 13.0. The predicted octanol–water partition coefficient (Wildman–Crippen LogP) is 0.865. The number of hydrogen-bond donors (Lipinski definition) is 1. The largest absolute Gasteiger partial charge is 0.497 e. The summed E-state index contributed by atoms with van der Waals surface area (Å²) in [4.78, 5) is 14.3. The molecule has 3 rings (SSSR count). The van der Waals surface area contributed by atoms with Gasteiger partial charge in [-0.05, 0) is 38.5 Å². The first kappa shape index (κ1) is 20.1. The lowest BCUT2D eigenvalue weighted by Crippen LogP contribution is -2.57. The summed E-state index contributed by atoms with van der Waals surface area (Å²) in [5, 5.41) is 2.80. The van der Waals surface area contributed by atoms with Gasteiger partial charge in [0.15, 0.2) is 22.3 Å². The van der Waals surface area contributed by atoms with E-state index in [0.717, 1.165) is 0 Å². The molecule has 2 heterocycles. The maximum atomic E-state index is 13.0. The Hall–Kier alpha value is -2.62. The Labute approximate surface area is 164 Å². The van der Waals surface area contributed by atoms with Crippen LogP contribution in [-0.2, 0) is 25.1 Å². The smallest absolute Gasteiger partial charge is 0.356 e. The van der Waals surface area contributed by atoms with E-state index in [1.165, 1.54) is 0 Å². The number of sulfonamides is 1. The highest BCUT2D eigenvalue weighted by Gasteiger charge is 2.65. The molecular formula is C18H24N4O5S. The first-order valence-corrected chi connectivity index (χ1v) is 10.6. The lowest BCUT2D eigenvalue weighted by atomic mass is 9.83. The Morgan fingerprint density at radius 1 is 1.21 bits per heavy atom. The van der Waals surface area contributed by atoms with Crippen LogP contribution in [0.2, 0.25) is 0 Å². The zero-order valence-electron chi connectivity index (χ0n) is 16.3. The van der Waals surface area contributed by atoms with Gasteiger partial charge in [0.1, 0.15) is 5.75 Å². The molecule has 2 aliphatic rings. The van der Waals surface area contributed by atoms with E-state index in [0.29, 0.717) is 30.2 Å². The number of carbonyl (C=O) groups is 1. The van der Waals surface area contributed by atoms with E-state index in [2.05, 4.69) is 14.9 Å². The molecule has 1 aromatic rings. The average Bonchev–Trinajstić information content (AvgIpc) is 3.20. The molecule has 0 saturated carbocycles. The van der Waals surface area contributed by atoms with Gasteiger partial charge in [-0.2, -0.15) is 5.10 Å². The highest BCUT2D eigenvalue weighted by Crippen LogP contribution is 2.43. The van der Waals surface area contributed by atoms with Crippen molar-refractivity contribution in [2.45, 2.75) is 31.6 Å². The van der Waals surface area contributed by atoms with Crippen LogP contribution in [0.25, 0.3) is 0 Å². The SMILES string of the molecule is CCOC(=O)C1=NN[C@@]2(c3ccc(OC)cc3)C(N(CC)CC)=NS(=O)(=O)[C@@H]12. The predicted molar refractivity (Wildman–Crippen MR) is 105 cm³/mol. The molecule has 0 radical (unpaired) electrons. The van der Waals surface area contributed by atoms with Crippen molar-refractivity contribution in [3.8, 4) is 5.75 Å². The minimum absolute atomic E-state index is 0.115. The first-order valence-electron chi connectivity index (χ1n) is 9.11. The number of likely N-dealkylation sites (N-methyl/N-ethyl adjacent to an activating group) is 1. The molecule has 0 fully saturated rings. The number of ether oxygens (including phenoxy) is 2. The summed E-state index contributed by atoms with van der Waals surface area (Å²) in [6, 6.07) is 6.97. The molecule has 0 aromatic heterocycles. The van der Waals surface area contributed by atoms with Crippen molar-refractivity contribution in [1.29, 1.82) is 0 Å². The minimum Gasteiger partial charge on any atom is -0.497 e. The van der Waals surface area contributed by atoms with Crippen LogP contribution in [0.1, 0.15) is 26.3 Å². The second-order valence-corrected chi connectivity index (χ2v) is 8.03. The number of amidine groups is 1. The van der Waals surface area contributed by atoms with Crippen LogP contribution >= 0.6 is 0 Å². The van der Waals surface area contributed by atoms with Gasteiger partial charge in [0.05, 0.1) is 13.7 Å². The highest BCUT2D eigenvalue weighted by atomic mass is 32.2. The summed E-state index contributed by atoms with van der Waals surface area (Å²) in [6.07, 6.45) is 0. The molecule has 1 aromatic carbocycles. The minimum atomic E-state index is -4.05. The van der Waals surface area contributed by atoms with E-state index in [1.807, 2.05) is 18.7 Å². The molecule has 10 heteroatoms. The summed E-state index contributed by atoms with van der Waals surface area (Å²) >= 11 is 0. The summed E-state index contributed by atoms with van der Waals surface area (Å²) < 4.78 is 40.4. The van der Waals surface area contributed by atoms with E-state index in [-0.39, 0.29) is 12.3 Å². The Kier molecular flexibility index (Phi) is 5.33. The molecular weight excluding hydrogens is 384 g/mol. The molecule has 0 bridgehead atoms. The summed E-state index contributed by atoms with van der Waals surface area (Å²) in [6.45, 7) is 6.69. The molecule has 0 aliphatic carbocycles. The van der Waals surface area contributed by atoms with Crippen molar-refractivity contribution < 1.29 is 22.7 Å². The molecule has 2 atom stereocenters. The molecule has 0 saturated heterocycles. The van der Waals surface area contributed by atoms with Crippen molar-refractivity contribution >= 4 is 27.5 Å². The highest BCUT2D eigenvalue weighted by molar-refractivity contribution is 7.92. The van der Waals surface area contributed by atoms with Crippen LogP contribution in [0.15, 0.2) is 33.8 Å². The Morgan fingerprint density at radius 3 is 2.39 bits per heavy atom. The summed E-state index contributed by atoms with van der Waals surface area (Å²) in [5.74, 6) is 0.175. The summed E-state index contributed by atoms with van der Waals surface area (Å²) in [7, 11) is -2.50. The van der Waals surface area contributed by atoms with Crippen molar-refractivity contribution in [3.63, 3.8) is 0 Å². The lowest BCUT2D eigenvalue weighted by Gasteiger charge is -2.35. The number of rotatable bonds is 6. The third-order valence-electron chi connectivity index (χ3n) is 4.95. The van der Waals surface area contributed by atoms with Gasteiger partial charge in [0.2, 0.25) is 0 Å². The van der Waals surface area contributed by atoms with Crippen LogP contribution in [0, 0.1) is 0 Å². The van der Waals surface area contributed by atoms with Crippen LogP contribution in [0.4, 0.5) is 0 Å². The Morgan fingerprint density at radius 2 is 1.86 bits per heavy atom. The van der Waals surface area contributed by atoms with E-state index >= 15 is 0 Å². The molecule has 9 nitrogen and oxygen atoms in total. The lowest BCUT2D eigenvalue weighted by molar-refractivity contribution is -0.135. The Balaban J connectivity index is 2.20. The topological polar surface area (TPSA) is 110 Å². The van der Waals surface area contributed by atoms with E-state index < -0.39 is 26.8 Å². The van der Waals surface area contributed by atoms with Gasteiger partial charge in [-0.15, -0.1) is 4.40 Å². The zero-order chi connectivity index (χ0) is 20.5. The number of fused-ring (bicyclic) bond motifs is 1. The van der Waals surface area contributed by atoms with Gasteiger partial charge in [0, 0.05) is 13.1 Å². The fourth-order valence-corrected chi connectivity index (χ4v) is 5.41. The number of carbonyl (C=O) groups excluding carboxylic acids is 1. The van der Waals surface area contributed by atoms with E-state index in [4.69, 9.17) is 9.47 Å². The van der Waals surface area contributed by atoms with E-state index in [9.17, 15) is 13.2 Å². The normalized spacial score (nSPS) is 24.6. The van der Waals surface area contributed by atoms with Gasteiger partial charge in [-0.25, -0.2) is 13.2 Å². The first-order chi connectivity index (χ1) is 13.4. The quantitative estimate of drug-likeness (QED) is 0.696. The number of esters is 1. The van der Waals surface area contributed by atoms with Gasteiger partial charge >= 0.3 is 5.97 Å². The van der Waals surface area contributed by atoms with Crippen molar-refractivity contribution in [1.82, 2.24) is 10.3 Å². The third-order valence-corrected chi connectivity index (χ3v) is 6.55. The Bertz CT molecular complexity index is 922. The van der Waals surface area contributed by atoms with Gasteiger partial charge < -0.3 is 14.4 Å². The number of benzene rings is 1. The second kappa shape index (κ2) is 7.42. The second-order valence-electron chi connectivity index (χ2n) is 6.35. The molecule has 0 spiro atoms. The molecule has 28 heavy (non-hydrogen) atoms. The van der Waals surface area contributed by atoms with Gasteiger partial charge in [0.25, 0.3) is 10.0 Å². The van der Waals surface area contributed by atoms with Gasteiger partial charge in [-0.1, -0.05) is 12.1 Å². The fourth-order valence-electron chi connectivity index (χ4n) is 3.63. The number of hydrazone groups is 1. The fraction of sp³-hybridized carbons (Fsp3) is 0.500.